The van der Waals surface area contributed by atoms with Crippen molar-refractivity contribution in [2.75, 3.05) is 13.2 Å². The molecule has 6 rings (SSSR count). The van der Waals surface area contributed by atoms with Crippen molar-refractivity contribution >= 4 is 18.0 Å². The van der Waals surface area contributed by atoms with E-state index in [1.165, 1.54) is 22.3 Å². The van der Waals surface area contributed by atoms with Gasteiger partial charge < -0.3 is 20.5 Å². The Labute approximate surface area is 197 Å². The smallest absolute Gasteiger partial charge is 0.407 e. The predicted octanol–water partition coefficient (Wildman–Crippen LogP) is 3.67. The van der Waals surface area contributed by atoms with E-state index >= 15 is 0 Å². The quantitative estimate of drug-likeness (QED) is 0.585. The highest BCUT2D eigenvalue weighted by atomic mass is 16.5. The number of nitrogens with one attached hydrogen (secondary N) is 2. The van der Waals surface area contributed by atoms with E-state index in [0.717, 1.165) is 12.8 Å². The fourth-order valence-corrected chi connectivity index (χ4v) is 6.14. The molecule has 4 aliphatic rings. The average Bonchev–Trinajstić information content (AvgIpc) is 3.71. The van der Waals surface area contributed by atoms with Crippen molar-refractivity contribution in [3.8, 4) is 11.1 Å². The number of hydrogen-bond acceptors (Lipinski definition) is 4. The van der Waals surface area contributed by atoms with E-state index < -0.39 is 22.9 Å². The second-order valence-corrected chi connectivity index (χ2v) is 10.4. The third-order valence-electron chi connectivity index (χ3n) is 8.42. The Balaban J connectivity index is 1.03. The van der Waals surface area contributed by atoms with Crippen molar-refractivity contribution in [1.29, 1.82) is 0 Å². The molecule has 0 aromatic heterocycles. The first-order valence-corrected chi connectivity index (χ1v) is 12.1. The summed E-state index contributed by atoms with van der Waals surface area (Å²) in [4.78, 5) is 36.8. The van der Waals surface area contributed by atoms with Gasteiger partial charge in [-0.15, -0.1) is 0 Å². The number of amides is 2. The minimum absolute atomic E-state index is 0.0104. The lowest BCUT2D eigenvalue weighted by atomic mass is 9.98. The fourth-order valence-electron chi connectivity index (χ4n) is 6.14. The van der Waals surface area contributed by atoms with E-state index in [0.29, 0.717) is 19.3 Å². The molecular weight excluding hydrogens is 432 g/mol. The number of carboxylic acid groups (broad SMARTS) is 1. The second-order valence-electron chi connectivity index (χ2n) is 10.4. The molecule has 0 saturated heterocycles. The number of benzene rings is 2. The number of alkyl carbamates (subject to hydrolysis) is 1. The molecule has 176 valence electrons. The lowest BCUT2D eigenvalue weighted by molar-refractivity contribution is -0.143. The van der Waals surface area contributed by atoms with Crippen LogP contribution < -0.4 is 10.6 Å². The largest absolute Gasteiger partial charge is 0.481 e. The number of ether oxygens (including phenoxy) is 1. The summed E-state index contributed by atoms with van der Waals surface area (Å²) in [7, 11) is 0. The summed E-state index contributed by atoms with van der Waals surface area (Å²) >= 11 is 0. The van der Waals surface area contributed by atoms with Gasteiger partial charge in [0.2, 0.25) is 5.91 Å². The first kappa shape index (κ1) is 21.2. The van der Waals surface area contributed by atoms with Crippen LogP contribution in [0.2, 0.25) is 0 Å². The molecule has 3 unspecified atom stereocenters. The Morgan fingerprint density at radius 3 is 2.24 bits per heavy atom. The van der Waals surface area contributed by atoms with E-state index in [1.54, 1.807) is 0 Å². The molecule has 3 fully saturated rings. The maximum absolute atomic E-state index is 12.8. The number of carboxylic acids is 1. The lowest BCUT2D eigenvalue weighted by Crippen LogP contribution is -2.40. The van der Waals surface area contributed by atoms with Gasteiger partial charge in [-0.3, -0.25) is 9.59 Å². The molecule has 0 heterocycles. The maximum atomic E-state index is 12.8. The van der Waals surface area contributed by atoms with Crippen LogP contribution in [0.3, 0.4) is 0 Å². The summed E-state index contributed by atoms with van der Waals surface area (Å²) in [5.74, 6) is -0.650. The Bertz CT molecular complexity index is 1140. The Kier molecular flexibility index (Phi) is 4.73. The van der Waals surface area contributed by atoms with E-state index in [4.69, 9.17) is 4.74 Å². The van der Waals surface area contributed by atoms with Gasteiger partial charge in [0.25, 0.3) is 0 Å². The summed E-state index contributed by atoms with van der Waals surface area (Å²) < 4.78 is 5.66. The van der Waals surface area contributed by atoms with Crippen molar-refractivity contribution in [1.82, 2.24) is 10.6 Å². The van der Waals surface area contributed by atoms with E-state index in [2.05, 4.69) is 34.9 Å². The van der Waals surface area contributed by atoms with Crippen LogP contribution in [0.4, 0.5) is 4.79 Å². The van der Waals surface area contributed by atoms with Crippen LogP contribution in [0.15, 0.2) is 48.5 Å². The molecule has 34 heavy (non-hydrogen) atoms. The zero-order chi connectivity index (χ0) is 23.5. The zero-order valence-electron chi connectivity index (χ0n) is 18.9. The summed E-state index contributed by atoms with van der Waals surface area (Å²) in [6.07, 6.45) is 2.92. The Hall–Kier alpha value is -3.35. The third kappa shape index (κ3) is 3.37. The van der Waals surface area contributed by atoms with E-state index in [9.17, 15) is 19.5 Å². The maximum Gasteiger partial charge on any atom is 0.407 e. The van der Waals surface area contributed by atoms with Crippen molar-refractivity contribution in [3.63, 3.8) is 0 Å². The monoisotopic (exact) mass is 460 g/mol. The molecule has 0 spiro atoms. The normalized spacial score (nSPS) is 27.2. The van der Waals surface area contributed by atoms with Gasteiger partial charge in [0, 0.05) is 18.5 Å². The first-order valence-electron chi connectivity index (χ1n) is 12.1. The van der Waals surface area contributed by atoms with Crippen LogP contribution in [0.5, 0.6) is 0 Å². The Morgan fingerprint density at radius 2 is 1.62 bits per heavy atom. The van der Waals surface area contributed by atoms with E-state index in [-0.39, 0.29) is 36.9 Å². The van der Waals surface area contributed by atoms with Crippen LogP contribution in [0.1, 0.15) is 49.1 Å². The molecule has 2 aromatic rings. The number of carbonyl (C=O) groups excluding carboxylic acids is 2. The van der Waals surface area contributed by atoms with Gasteiger partial charge in [0.05, 0.1) is 10.8 Å². The van der Waals surface area contributed by atoms with Gasteiger partial charge in [0.15, 0.2) is 0 Å². The standard InChI is InChI=1S/C27H28N2O5/c30-23(28-15-26(9-10-26)24(31)32)27-12-16(27)11-17(13-27)29-25(33)34-14-22-20-7-3-1-5-18(20)19-6-2-4-8-21(19)22/h1-8,16-17,22H,9-15H2,(H,28,30)(H,29,33)(H,31,32). The molecule has 0 aliphatic heterocycles. The average molecular weight is 461 g/mol. The first-order chi connectivity index (χ1) is 16.4. The highest BCUT2D eigenvalue weighted by Crippen LogP contribution is 2.63. The molecule has 2 aromatic carbocycles. The highest BCUT2D eigenvalue weighted by Gasteiger charge is 2.65. The van der Waals surface area contributed by atoms with Crippen molar-refractivity contribution in [2.24, 2.45) is 16.7 Å². The van der Waals surface area contributed by atoms with Gasteiger partial charge in [-0.1, -0.05) is 48.5 Å². The molecule has 7 nitrogen and oxygen atoms in total. The third-order valence-corrected chi connectivity index (χ3v) is 8.42. The van der Waals surface area contributed by atoms with Gasteiger partial charge in [-0.2, -0.15) is 0 Å². The molecule has 0 bridgehead atoms. The molecule has 2 amide bonds. The number of hydrogen-bond donors (Lipinski definition) is 3. The highest BCUT2D eigenvalue weighted by molar-refractivity contribution is 5.88. The molecule has 3 saturated carbocycles. The molecule has 4 aliphatic carbocycles. The number of carbonyl (C=O) groups is 3. The van der Waals surface area contributed by atoms with Gasteiger partial charge in [-0.25, -0.2) is 4.79 Å². The summed E-state index contributed by atoms with van der Waals surface area (Å²) in [6, 6.07) is 16.3. The van der Waals surface area contributed by atoms with Crippen molar-refractivity contribution in [2.45, 2.75) is 44.1 Å². The van der Waals surface area contributed by atoms with Gasteiger partial charge >= 0.3 is 12.1 Å². The van der Waals surface area contributed by atoms with Crippen LogP contribution in [-0.4, -0.2) is 42.3 Å². The summed E-state index contributed by atoms with van der Waals surface area (Å²) in [5, 5.41) is 15.2. The van der Waals surface area contributed by atoms with Crippen LogP contribution in [-0.2, 0) is 14.3 Å². The topological polar surface area (TPSA) is 105 Å². The van der Waals surface area contributed by atoms with E-state index in [1.807, 2.05) is 24.3 Å². The minimum atomic E-state index is -0.834. The number of rotatable bonds is 7. The van der Waals surface area contributed by atoms with Crippen LogP contribution in [0, 0.1) is 16.7 Å². The minimum Gasteiger partial charge on any atom is -0.481 e. The summed E-state index contributed by atoms with van der Waals surface area (Å²) in [6.45, 7) is 0.457. The Morgan fingerprint density at radius 1 is 0.971 bits per heavy atom. The molecule has 3 N–H and O–H groups in total. The molecule has 3 atom stereocenters. The lowest BCUT2D eigenvalue weighted by Gasteiger charge is -2.20. The van der Waals surface area contributed by atoms with Crippen LogP contribution in [0.25, 0.3) is 11.1 Å². The number of aliphatic carboxylic acids is 1. The molecule has 7 heteroatoms. The SMILES string of the molecule is O=C(NC1CC2CC2(C(=O)NCC2(C(=O)O)CC2)C1)OCC1c2ccccc2-c2ccccc21. The summed E-state index contributed by atoms with van der Waals surface area (Å²) in [5.41, 5.74) is 3.48. The predicted molar refractivity (Wildman–Crippen MR) is 124 cm³/mol. The van der Waals surface area contributed by atoms with Gasteiger partial charge in [0.1, 0.15) is 6.61 Å². The van der Waals surface area contributed by atoms with Gasteiger partial charge in [-0.05, 0) is 60.3 Å². The number of fused-ring (bicyclic) bond motifs is 4. The second kappa shape index (κ2) is 7.58. The van der Waals surface area contributed by atoms with Crippen molar-refractivity contribution in [3.05, 3.63) is 59.7 Å². The zero-order valence-corrected chi connectivity index (χ0v) is 18.9. The van der Waals surface area contributed by atoms with Crippen LogP contribution >= 0.6 is 0 Å². The molecule has 0 radical (unpaired) electrons. The molecular formula is C27H28N2O5. The van der Waals surface area contributed by atoms with Crippen molar-refractivity contribution < 1.29 is 24.2 Å². The fraction of sp³-hybridized carbons (Fsp3) is 0.444.